The highest BCUT2D eigenvalue weighted by atomic mass is 32.2. The molecule has 3 rings (SSSR count). The van der Waals surface area contributed by atoms with Crippen LogP contribution >= 0.6 is 0 Å². The number of aryl methyl sites for hydroxylation is 1. The fraction of sp³-hybridized carbons (Fsp3) is 0.391. The van der Waals surface area contributed by atoms with Gasteiger partial charge in [0, 0.05) is 36.7 Å². The number of hydrogen-bond donors (Lipinski definition) is 1. The van der Waals surface area contributed by atoms with Crippen molar-refractivity contribution in [1.82, 2.24) is 8.87 Å². The average molecular weight is 475 g/mol. The Morgan fingerprint density at radius 3 is 2.61 bits per heavy atom. The number of nitrogens with zero attached hydrogens (tertiary/aromatic N) is 3. The Kier molecular flexibility index (Phi) is 7.68. The molecule has 10 heteroatoms. The number of nitrogens with one attached hydrogen (secondary N) is 1. The van der Waals surface area contributed by atoms with Crippen LogP contribution in [0.5, 0.6) is 0 Å². The quantitative estimate of drug-likeness (QED) is 0.490. The van der Waals surface area contributed by atoms with Gasteiger partial charge in [0.1, 0.15) is 22.4 Å². The second-order valence-corrected chi connectivity index (χ2v) is 9.67. The van der Waals surface area contributed by atoms with E-state index in [1.165, 1.54) is 12.1 Å². The van der Waals surface area contributed by atoms with Gasteiger partial charge in [-0.05, 0) is 56.2 Å². The smallest absolute Gasteiger partial charge is 0.266 e. The van der Waals surface area contributed by atoms with Crippen molar-refractivity contribution in [2.45, 2.75) is 38.6 Å². The van der Waals surface area contributed by atoms with E-state index in [-0.39, 0.29) is 37.6 Å². The Hall–Kier alpha value is -3.00. The monoisotopic (exact) mass is 474 g/mol. The Labute approximate surface area is 193 Å². The molecule has 1 fully saturated rings. The molecule has 1 N–H and O–H groups in total. The van der Waals surface area contributed by atoms with Gasteiger partial charge in [-0.2, -0.15) is 9.57 Å². The first kappa shape index (κ1) is 24.6. The normalized spacial score (nSPS) is 15.3. The van der Waals surface area contributed by atoms with Crippen molar-refractivity contribution in [1.29, 1.82) is 5.26 Å². The Morgan fingerprint density at radius 2 is 1.97 bits per heavy atom. The number of morpholine rings is 1. The third-order valence-electron chi connectivity index (χ3n) is 5.50. The van der Waals surface area contributed by atoms with Crippen molar-refractivity contribution in [3.05, 3.63) is 52.6 Å². The highest BCUT2D eigenvalue weighted by Gasteiger charge is 2.29. The van der Waals surface area contributed by atoms with Crippen LogP contribution in [0.3, 0.4) is 0 Å². The summed E-state index contributed by atoms with van der Waals surface area (Å²) in [6.45, 7) is 7.48. The molecule has 2 heterocycles. The second kappa shape index (κ2) is 10.3. The van der Waals surface area contributed by atoms with Crippen molar-refractivity contribution in [3.8, 4) is 6.07 Å². The van der Waals surface area contributed by atoms with Gasteiger partial charge in [-0.3, -0.25) is 4.79 Å². The van der Waals surface area contributed by atoms with Crippen molar-refractivity contribution >= 4 is 27.7 Å². The molecule has 2 aromatic rings. The van der Waals surface area contributed by atoms with E-state index in [2.05, 4.69) is 16.8 Å². The Morgan fingerprint density at radius 1 is 1.27 bits per heavy atom. The molecule has 1 saturated heterocycles. The van der Waals surface area contributed by atoms with E-state index < -0.39 is 26.6 Å². The number of amides is 1. The maximum Gasteiger partial charge on any atom is 0.266 e. The number of carbonyl (C=O) groups excluding carboxylic acids is 1. The first-order chi connectivity index (χ1) is 15.7. The summed E-state index contributed by atoms with van der Waals surface area (Å²) in [6, 6.07) is 7.11. The van der Waals surface area contributed by atoms with Crippen LogP contribution in [-0.2, 0) is 26.1 Å². The number of anilines is 1. The first-order valence-electron chi connectivity index (χ1n) is 10.7. The number of aromatic nitrogens is 1. The molecule has 0 unspecified atom stereocenters. The topological polar surface area (TPSA) is 104 Å². The summed E-state index contributed by atoms with van der Waals surface area (Å²) in [7, 11) is -4.09. The van der Waals surface area contributed by atoms with Gasteiger partial charge in [0.05, 0.1) is 13.2 Å². The van der Waals surface area contributed by atoms with E-state index >= 15 is 0 Å². The van der Waals surface area contributed by atoms with E-state index in [1.807, 2.05) is 26.0 Å². The minimum Gasteiger partial charge on any atom is -0.379 e. The SMILES string of the molecule is CCCn1c(C)cc(/C=C(/C#N)C(=O)Nc2ccc(F)c(S(=O)(=O)N3CCOCC3)c2)c1C. The number of halogens is 1. The third-order valence-corrected chi connectivity index (χ3v) is 7.42. The molecule has 1 aromatic heterocycles. The second-order valence-electron chi connectivity index (χ2n) is 7.76. The van der Waals surface area contributed by atoms with Gasteiger partial charge < -0.3 is 14.6 Å². The number of carbonyl (C=O) groups is 1. The van der Waals surface area contributed by atoms with Crippen LogP contribution in [0.25, 0.3) is 6.08 Å². The number of hydrogen-bond acceptors (Lipinski definition) is 5. The van der Waals surface area contributed by atoms with Gasteiger partial charge in [-0.15, -0.1) is 0 Å². The molecule has 0 radical (unpaired) electrons. The van der Waals surface area contributed by atoms with Gasteiger partial charge in [0.15, 0.2) is 0 Å². The highest BCUT2D eigenvalue weighted by molar-refractivity contribution is 7.89. The van der Waals surface area contributed by atoms with E-state index in [0.717, 1.165) is 46.4 Å². The fourth-order valence-corrected chi connectivity index (χ4v) is 5.25. The lowest BCUT2D eigenvalue weighted by Gasteiger charge is -2.26. The van der Waals surface area contributed by atoms with Crippen molar-refractivity contribution < 1.29 is 22.3 Å². The van der Waals surface area contributed by atoms with Crippen molar-refractivity contribution in [2.75, 3.05) is 31.6 Å². The summed E-state index contributed by atoms with van der Waals surface area (Å²) in [5.74, 6) is -1.63. The zero-order valence-corrected chi connectivity index (χ0v) is 19.7. The van der Waals surface area contributed by atoms with Gasteiger partial charge in [-0.25, -0.2) is 12.8 Å². The molecule has 176 valence electrons. The van der Waals surface area contributed by atoms with E-state index in [1.54, 1.807) is 0 Å². The molecule has 1 amide bonds. The van der Waals surface area contributed by atoms with E-state index in [9.17, 15) is 22.9 Å². The molecular weight excluding hydrogens is 447 g/mol. The van der Waals surface area contributed by atoms with E-state index in [4.69, 9.17) is 4.74 Å². The lowest BCUT2D eigenvalue weighted by Crippen LogP contribution is -2.40. The zero-order valence-electron chi connectivity index (χ0n) is 18.9. The highest BCUT2D eigenvalue weighted by Crippen LogP contribution is 2.25. The number of sulfonamides is 1. The lowest BCUT2D eigenvalue weighted by molar-refractivity contribution is -0.112. The summed E-state index contributed by atoms with van der Waals surface area (Å²) >= 11 is 0. The molecule has 33 heavy (non-hydrogen) atoms. The van der Waals surface area contributed by atoms with Crippen molar-refractivity contribution in [2.24, 2.45) is 0 Å². The first-order valence-corrected chi connectivity index (χ1v) is 12.1. The van der Waals surface area contributed by atoms with Crippen LogP contribution in [-0.4, -0.2) is 49.5 Å². The fourth-order valence-electron chi connectivity index (χ4n) is 3.75. The minimum absolute atomic E-state index is 0.0749. The van der Waals surface area contributed by atoms with Crippen LogP contribution in [0.2, 0.25) is 0 Å². The largest absolute Gasteiger partial charge is 0.379 e. The predicted octanol–water partition coefficient (Wildman–Crippen LogP) is 3.22. The number of ether oxygens (including phenoxy) is 1. The summed E-state index contributed by atoms with van der Waals surface area (Å²) in [5.41, 5.74) is 2.65. The minimum atomic E-state index is -4.09. The van der Waals surface area contributed by atoms with Crippen LogP contribution in [0.15, 0.2) is 34.7 Å². The van der Waals surface area contributed by atoms with Crippen LogP contribution in [0.1, 0.15) is 30.3 Å². The predicted molar refractivity (Wildman–Crippen MR) is 122 cm³/mol. The van der Waals surface area contributed by atoms with Gasteiger partial charge in [0.25, 0.3) is 5.91 Å². The number of nitriles is 1. The molecular formula is C23H27FN4O4S. The van der Waals surface area contributed by atoms with Gasteiger partial charge in [-0.1, -0.05) is 6.92 Å². The summed E-state index contributed by atoms with van der Waals surface area (Å²) in [5, 5.41) is 12.1. The molecule has 1 aliphatic rings. The van der Waals surface area contributed by atoms with Crippen LogP contribution in [0, 0.1) is 31.0 Å². The summed E-state index contributed by atoms with van der Waals surface area (Å²) in [6.07, 6.45) is 2.45. The molecule has 0 atom stereocenters. The maximum atomic E-state index is 14.4. The molecule has 0 bridgehead atoms. The van der Waals surface area contributed by atoms with Crippen molar-refractivity contribution in [3.63, 3.8) is 0 Å². The zero-order chi connectivity index (χ0) is 24.2. The maximum absolute atomic E-state index is 14.4. The average Bonchev–Trinajstić information content (AvgIpc) is 3.06. The standard InChI is InChI=1S/C23H27FN4O4S/c1-4-7-28-16(2)12-18(17(28)3)13-19(15-25)23(29)26-20-5-6-21(24)22(14-20)33(30,31)27-8-10-32-11-9-27/h5-6,12-14H,4,7-11H2,1-3H3,(H,26,29)/b19-13-. The molecule has 0 saturated carbocycles. The number of benzene rings is 1. The Bertz CT molecular complexity index is 1220. The van der Waals surface area contributed by atoms with Crippen LogP contribution < -0.4 is 5.32 Å². The summed E-state index contributed by atoms with van der Waals surface area (Å²) in [4.78, 5) is 12.2. The third kappa shape index (κ3) is 5.33. The Balaban J connectivity index is 1.86. The van der Waals surface area contributed by atoms with Gasteiger partial charge >= 0.3 is 0 Å². The van der Waals surface area contributed by atoms with Crippen LogP contribution in [0.4, 0.5) is 10.1 Å². The summed E-state index contributed by atoms with van der Waals surface area (Å²) < 4.78 is 48.5. The van der Waals surface area contributed by atoms with E-state index in [0.29, 0.717) is 0 Å². The molecule has 1 aliphatic heterocycles. The number of rotatable bonds is 7. The molecule has 0 aliphatic carbocycles. The molecule has 1 aromatic carbocycles. The molecule has 8 nitrogen and oxygen atoms in total. The lowest BCUT2D eigenvalue weighted by atomic mass is 10.1. The molecule has 0 spiro atoms. The van der Waals surface area contributed by atoms with Gasteiger partial charge in [0.2, 0.25) is 10.0 Å².